The molecule has 4 nitrogen and oxygen atoms in total. The molecule has 0 bridgehead atoms. The smallest absolute Gasteiger partial charge is 0.170 e. The van der Waals surface area contributed by atoms with Gasteiger partial charge < -0.3 is 20.4 Å². The lowest BCUT2D eigenvalue weighted by atomic mass is 9.88. The average molecular weight is 425 g/mol. The molecule has 0 radical (unpaired) electrons. The molecule has 1 atom stereocenters. The molecule has 1 heterocycles. The van der Waals surface area contributed by atoms with Crippen molar-refractivity contribution < 1.29 is 10.2 Å². The van der Waals surface area contributed by atoms with Crippen LogP contribution in [0.4, 0.5) is 0 Å². The Morgan fingerprint density at radius 3 is 2.45 bits per heavy atom. The standard InChI is InChI=1S/C23H21ClN2O2S/c24-18-8-6-15(7-9-18)14-25-23(29)26-11-10-17-12-20(27)21(28)13-19(17)22(26)16-4-2-1-3-5-16/h1-9,12-13,22,27-28H,10-11,14H2,(H,25,29). The van der Waals surface area contributed by atoms with Crippen LogP contribution >= 0.6 is 23.8 Å². The second kappa shape index (κ2) is 8.31. The molecule has 0 saturated carbocycles. The summed E-state index contributed by atoms with van der Waals surface area (Å²) in [6.07, 6.45) is 0.731. The molecular weight excluding hydrogens is 404 g/mol. The number of aromatic hydroxyl groups is 2. The Balaban J connectivity index is 1.63. The van der Waals surface area contributed by atoms with Crippen molar-refractivity contribution in [3.05, 3.63) is 94.0 Å². The van der Waals surface area contributed by atoms with Crippen molar-refractivity contribution in [1.29, 1.82) is 0 Å². The third-order valence-electron chi connectivity index (χ3n) is 5.20. The van der Waals surface area contributed by atoms with Gasteiger partial charge in [0.25, 0.3) is 0 Å². The van der Waals surface area contributed by atoms with E-state index in [0.717, 1.165) is 28.7 Å². The first-order chi connectivity index (χ1) is 14.0. The van der Waals surface area contributed by atoms with Crippen molar-refractivity contribution in [3.8, 4) is 11.5 Å². The molecule has 6 heteroatoms. The largest absolute Gasteiger partial charge is 0.504 e. The number of nitrogens with zero attached hydrogens (tertiary/aromatic N) is 1. The fraction of sp³-hybridized carbons (Fsp3) is 0.174. The van der Waals surface area contributed by atoms with Gasteiger partial charge in [0.05, 0.1) is 6.04 Å². The number of rotatable bonds is 3. The lowest BCUT2D eigenvalue weighted by Crippen LogP contribution is -2.45. The first-order valence-corrected chi connectivity index (χ1v) is 10.2. The van der Waals surface area contributed by atoms with Crippen molar-refractivity contribution >= 4 is 28.9 Å². The third-order valence-corrected chi connectivity index (χ3v) is 5.83. The summed E-state index contributed by atoms with van der Waals surface area (Å²) in [6.45, 7) is 1.31. The SMILES string of the molecule is Oc1cc2c(cc1O)C(c1ccccc1)N(C(=S)NCc1ccc(Cl)cc1)CC2. The minimum Gasteiger partial charge on any atom is -0.504 e. The monoisotopic (exact) mass is 424 g/mol. The summed E-state index contributed by atoms with van der Waals surface area (Å²) >= 11 is 11.7. The van der Waals surface area contributed by atoms with E-state index in [1.807, 2.05) is 42.5 Å². The summed E-state index contributed by atoms with van der Waals surface area (Å²) in [4.78, 5) is 2.14. The van der Waals surface area contributed by atoms with E-state index in [2.05, 4.69) is 22.3 Å². The normalized spacial score (nSPS) is 15.6. The summed E-state index contributed by atoms with van der Waals surface area (Å²) in [5.41, 5.74) is 4.14. The number of phenols is 2. The highest BCUT2D eigenvalue weighted by atomic mass is 35.5. The van der Waals surface area contributed by atoms with Gasteiger partial charge in [-0.15, -0.1) is 0 Å². The van der Waals surface area contributed by atoms with Crippen LogP contribution in [0.15, 0.2) is 66.7 Å². The average Bonchev–Trinajstić information content (AvgIpc) is 2.74. The molecule has 1 aliphatic heterocycles. The van der Waals surface area contributed by atoms with Gasteiger partial charge in [0.2, 0.25) is 0 Å². The maximum atomic E-state index is 10.1. The van der Waals surface area contributed by atoms with E-state index >= 15 is 0 Å². The molecule has 1 unspecified atom stereocenters. The zero-order chi connectivity index (χ0) is 20.4. The quantitative estimate of drug-likeness (QED) is 0.417. The zero-order valence-electron chi connectivity index (χ0n) is 15.7. The maximum absolute atomic E-state index is 10.1. The fourth-order valence-corrected chi connectivity index (χ4v) is 4.14. The molecule has 3 aromatic rings. The molecule has 0 spiro atoms. The molecule has 0 saturated heterocycles. The maximum Gasteiger partial charge on any atom is 0.170 e. The van der Waals surface area contributed by atoms with E-state index in [4.69, 9.17) is 23.8 Å². The molecule has 0 aromatic heterocycles. The van der Waals surface area contributed by atoms with Gasteiger partial charge in [-0.2, -0.15) is 0 Å². The van der Waals surface area contributed by atoms with Crippen molar-refractivity contribution in [2.24, 2.45) is 0 Å². The van der Waals surface area contributed by atoms with Crippen molar-refractivity contribution in [2.45, 2.75) is 19.0 Å². The number of halogens is 1. The van der Waals surface area contributed by atoms with E-state index in [0.29, 0.717) is 23.2 Å². The molecule has 1 aliphatic rings. The molecule has 3 N–H and O–H groups in total. The predicted molar refractivity (Wildman–Crippen MR) is 119 cm³/mol. The lowest BCUT2D eigenvalue weighted by Gasteiger charge is -2.39. The zero-order valence-corrected chi connectivity index (χ0v) is 17.2. The highest BCUT2D eigenvalue weighted by Gasteiger charge is 2.31. The van der Waals surface area contributed by atoms with E-state index in [1.165, 1.54) is 0 Å². The molecule has 0 amide bonds. The van der Waals surface area contributed by atoms with Crippen LogP contribution in [0.3, 0.4) is 0 Å². The van der Waals surface area contributed by atoms with Crippen LogP contribution in [-0.2, 0) is 13.0 Å². The molecule has 0 fully saturated rings. The second-order valence-electron chi connectivity index (χ2n) is 7.08. The van der Waals surface area contributed by atoms with Crippen LogP contribution < -0.4 is 5.32 Å². The topological polar surface area (TPSA) is 55.7 Å². The van der Waals surface area contributed by atoms with Crippen LogP contribution in [0.2, 0.25) is 5.02 Å². The summed E-state index contributed by atoms with van der Waals surface area (Å²) in [5.74, 6) is -0.209. The van der Waals surface area contributed by atoms with Crippen molar-refractivity contribution in [3.63, 3.8) is 0 Å². The fourth-order valence-electron chi connectivity index (χ4n) is 3.74. The summed E-state index contributed by atoms with van der Waals surface area (Å²) in [5, 5.41) is 24.7. The summed E-state index contributed by atoms with van der Waals surface area (Å²) < 4.78 is 0. The number of hydrogen-bond acceptors (Lipinski definition) is 3. The molecule has 148 valence electrons. The number of fused-ring (bicyclic) bond motifs is 1. The van der Waals surface area contributed by atoms with E-state index < -0.39 is 0 Å². The van der Waals surface area contributed by atoms with Gasteiger partial charge >= 0.3 is 0 Å². The van der Waals surface area contributed by atoms with Gasteiger partial charge in [-0.1, -0.05) is 54.1 Å². The summed E-state index contributed by atoms with van der Waals surface area (Å²) in [7, 11) is 0. The number of hydrogen-bond donors (Lipinski definition) is 3. The predicted octanol–water partition coefficient (Wildman–Crippen LogP) is 4.77. The van der Waals surface area contributed by atoms with E-state index in [1.54, 1.807) is 12.1 Å². The van der Waals surface area contributed by atoms with Gasteiger partial charge in [0.1, 0.15) is 0 Å². The van der Waals surface area contributed by atoms with Crippen molar-refractivity contribution in [2.75, 3.05) is 6.54 Å². The lowest BCUT2D eigenvalue weighted by molar-refractivity contribution is 0.329. The van der Waals surface area contributed by atoms with Gasteiger partial charge in [-0.25, -0.2) is 0 Å². The van der Waals surface area contributed by atoms with Crippen LogP contribution in [0.1, 0.15) is 28.3 Å². The Morgan fingerprint density at radius 1 is 1.03 bits per heavy atom. The van der Waals surface area contributed by atoms with E-state index in [-0.39, 0.29) is 17.5 Å². The number of nitrogens with one attached hydrogen (secondary N) is 1. The Hall–Kier alpha value is -2.76. The molecular formula is C23H21ClN2O2S. The van der Waals surface area contributed by atoms with Crippen LogP contribution in [0, 0.1) is 0 Å². The van der Waals surface area contributed by atoms with E-state index in [9.17, 15) is 10.2 Å². The first kappa shape index (κ1) is 19.6. The van der Waals surface area contributed by atoms with Gasteiger partial charge in [0.15, 0.2) is 16.6 Å². The van der Waals surface area contributed by atoms with Gasteiger partial charge in [-0.3, -0.25) is 0 Å². The molecule has 29 heavy (non-hydrogen) atoms. The highest BCUT2D eigenvalue weighted by molar-refractivity contribution is 7.80. The van der Waals surface area contributed by atoms with Crippen LogP contribution in [0.5, 0.6) is 11.5 Å². The highest BCUT2D eigenvalue weighted by Crippen LogP contribution is 2.40. The number of thiocarbonyl (C=S) groups is 1. The molecule has 4 rings (SSSR count). The Labute approximate surface area is 180 Å². The Morgan fingerprint density at radius 2 is 1.72 bits per heavy atom. The third kappa shape index (κ3) is 4.16. The van der Waals surface area contributed by atoms with Crippen LogP contribution in [-0.4, -0.2) is 26.8 Å². The first-order valence-electron chi connectivity index (χ1n) is 9.41. The van der Waals surface area contributed by atoms with Crippen LogP contribution in [0.25, 0.3) is 0 Å². The Kier molecular flexibility index (Phi) is 5.60. The molecule has 3 aromatic carbocycles. The van der Waals surface area contributed by atoms with Crippen molar-refractivity contribution in [1.82, 2.24) is 10.2 Å². The Bertz CT molecular complexity index is 1030. The summed E-state index contributed by atoms with van der Waals surface area (Å²) in [6, 6.07) is 20.9. The van der Waals surface area contributed by atoms with Gasteiger partial charge in [-0.05, 0) is 65.2 Å². The number of phenolic OH excluding ortho intramolecular Hbond substituents is 2. The minimum absolute atomic E-state index is 0.0903. The van der Waals surface area contributed by atoms with Gasteiger partial charge in [0, 0.05) is 18.1 Å². The second-order valence-corrected chi connectivity index (χ2v) is 7.90. The molecule has 0 aliphatic carbocycles. The minimum atomic E-state index is -0.142. The number of benzene rings is 3.